The first-order chi connectivity index (χ1) is 8.66. The van der Waals surface area contributed by atoms with Gasteiger partial charge < -0.3 is 0 Å². The van der Waals surface area contributed by atoms with Crippen molar-refractivity contribution in [2.45, 2.75) is 0 Å². The van der Waals surface area contributed by atoms with E-state index in [0.29, 0.717) is 10.7 Å². The zero-order chi connectivity index (χ0) is 13.0. The van der Waals surface area contributed by atoms with Crippen molar-refractivity contribution in [3.8, 4) is 0 Å². The third-order valence-electron chi connectivity index (χ3n) is 2.16. The van der Waals surface area contributed by atoms with Crippen molar-refractivity contribution in [3.05, 3.63) is 63.7 Å². The van der Waals surface area contributed by atoms with Crippen LogP contribution < -0.4 is 0 Å². The Bertz CT molecular complexity index is 600. The lowest BCUT2D eigenvalue weighted by molar-refractivity contribution is -0.384. The van der Waals surface area contributed by atoms with Gasteiger partial charge in [0.05, 0.1) is 10.6 Å². The van der Waals surface area contributed by atoms with Crippen LogP contribution in [-0.2, 0) is 0 Å². The van der Waals surface area contributed by atoms with Crippen LogP contribution in [0.15, 0.2) is 58.8 Å². The van der Waals surface area contributed by atoms with E-state index in [2.05, 4.69) is 10.2 Å². The summed E-state index contributed by atoms with van der Waals surface area (Å²) in [7, 11) is 0. The summed E-state index contributed by atoms with van der Waals surface area (Å²) in [5, 5.41) is 18.9. The monoisotopic (exact) mass is 261 g/mol. The maximum absolute atomic E-state index is 10.8. The van der Waals surface area contributed by atoms with Gasteiger partial charge >= 0.3 is 0 Å². The molecule has 90 valence electrons. The molecule has 0 amide bonds. The van der Waals surface area contributed by atoms with E-state index in [1.165, 1.54) is 18.2 Å². The van der Waals surface area contributed by atoms with Gasteiger partial charge in [0.2, 0.25) is 0 Å². The summed E-state index contributed by atoms with van der Waals surface area (Å²) in [4.78, 5) is 10.3. The number of hydrogen-bond acceptors (Lipinski definition) is 4. The number of nitro groups is 1. The van der Waals surface area contributed by atoms with Crippen LogP contribution in [0.4, 0.5) is 17.1 Å². The number of hydrogen-bond donors (Lipinski definition) is 0. The van der Waals surface area contributed by atoms with Crippen LogP contribution in [0.5, 0.6) is 0 Å². The predicted octanol–water partition coefficient (Wildman–Crippen LogP) is 4.66. The van der Waals surface area contributed by atoms with Crippen LogP contribution in [-0.4, -0.2) is 4.92 Å². The van der Waals surface area contributed by atoms with Crippen LogP contribution in [0.1, 0.15) is 0 Å². The number of nitrogens with zero attached hydrogens (tertiary/aromatic N) is 3. The molecule has 0 aliphatic rings. The Balaban J connectivity index is 2.35. The van der Waals surface area contributed by atoms with Gasteiger partial charge in [-0.15, -0.1) is 5.11 Å². The number of nitro benzene ring substituents is 1. The van der Waals surface area contributed by atoms with Crippen LogP contribution in [0.3, 0.4) is 0 Å². The Morgan fingerprint density at radius 2 is 1.78 bits per heavy atom. The molecule has 0 saturated heterocycles. The van der Waals surface area contributed by atoms with Gasteiger partial charge in [-0.1, -0.05) is 29.8 Å². The van der Waals surface area contributed by atoms with Gasteiger partial charge in [0.25, 0.3) is 5.69 Å². The standard InChI is InChI=1S/C12H8ClN3O2/c13-9-6-7-11(12(8-9)16(17)18)15-14-10-4-2-1-3-5-10/h1-8H. The molecule has 0 heterocycles. The van der Waals surface area contributed by atoms with Gasteiger partial charge in [-0.2, -0.15) is 5.11 Å². The lowest BCUT2D eigenvalue weighted by Crippen LogP contribution is -1.87. The zero-order valence-electron chi connectivity index (χ0n) is 9.15. The summed E-state index contributed by atoms with van der Waals surface area (Å²) in [5.74, 6) is 0. The minimum atomic E-state index is -0.536. The zero-order valence-corrected chi connectivity index (χ0v) is 9.91. The van der Waals surface area contributed by atoms with Crippen molar-refractivity contribution in [2.75, 3.05) is 0 Å². The summed E-state index contributed by atoms with van der Waals surface area (Å²) in [6.07, 6.45) is 0. The molecule has 0 aromatic heterocycles. The lowest BCUT2D eigenvalue weighted by atomic mass is 10.3. The molecule has 2 rings (SSSR count). The molecule has 6 heteroatoms. The first kappa shape index (κ1) is 12.2. The first-order valence-electron chi connectivity index (χ1n) is 5.07. The van der Waals surface area contributed by atoms with Crippen molar-refractivity contribution in [1.82, 2.24) is 0 Å². The number of halogens is 1. The largest absolute Gasteiger partial charge is 0.298 e. The lowest BCUT2D eigenvalue weighted by Gasteiger charge is -1.97. The van der Waals surface area contributed by atoms with Gasteiger partial charge in [-0.25, -0.2) is 0 Å². The molecule has 5 nitrogen and oxygen atoms in total. The van der Waals surface area contributed by atoms with Crippen molar-refractivity contribution in [2.24, 2.45) is 10.2 Å². The van der Waals surface area contributed by atoms with Crippen molar-refractivity contribution in [3.63, 3.8) is 0 Å². The van der Waals surface area contributed by atoms with E-state index in [1.807, 2.05) is 18.2 Å². The average molecular weight is 262 g/mol. The molecule has 2 aromatic carbocycles. The molecule has 0 aliphatic heterocycles. The molecule has 0 atom stereocenters. The van der Waals surface area contributed by atoms with Crippen molar-refractivity contribution < 1.29 is 4.92 Å². The fourth-order valence-electron chi connectivity index (χ4n) is 1.33. The van der Waals surface area contributed by atoms with Gasteiger partial charge in [0.1, 0.15) is 0 Å². The highest BCUT2D eigenvalue weighted by Crippen LogP contribution is 2.31. The maximum atomic E-state index is 10.8. The molecule has 18 heavy (non-hydrogen) atoms. The predicted molar refractivity (Wildman–Crippen MR) is 68.7 cm³/mol. The van der Waals surface area contributed by atoms with E-state index in [-0.39, 0.29) is 11.4 Å². The highest BCUT2D eigenvalue weighted by atomic mass is 35.5. The molecule has 0 N–H and O–H groups in total. The third kappa shape index (κ3) is 2.89. The third-order valence-corrected chi connectivity index (χ3v) is 2.40. The van der Waals surface area contributed by atoms with Crippen LogP contribution in [0.2, 0.25) is 5.02 Å². The molecule has 0 bridgehead atoms. The number of benzene rings is 2. The van der Waals surface area contributed by atoms with Gasteiger partial charge in [-0.05, 0) is 24.3 Å². The summed E-state index contributed by atoms with van der Waals surface area (Å²) in [6.45, 7) is 0. The summed E-state index contributed by atoms with van der Waals surface area (Å²) in [5.41, 5.74) is 0.636. The summed E-state index contributed by atoms with van der Waals surface area (Å²) < 4.78 is 0. The second-order valence-electron chi connectivity index (χ2n) is 3.43. The Morgan fingerprint density at radius 3 is 2.44 bits per heavy atom. The highest BCUT2D eigenvalue weighted by Gasteiger charge is 2.13. The second kappa shape index (κ2) is 5.37. The summed E-state index contributed by atoms with van der Waals surface area (Å²) in [6, 6.07) is 13.2. The Labute approximate surface area is 108 Å². The molecule has 0 radical (unpaired) electrons. The van der Waals surface area contributed by atoms with Crippen LogP contribution in [0, 0.1) is 10.1 Å². The molecule has 0 unspecified atom stereocenters. The van der Waals surface area contributed by atoms with Gasteiger partial charge in [0, 0.05) is 11.1 Å². The van der Waals surface area contributed by atoms with Crippen LogP contribution >= 0.6 is 11.6 Å². The van der Waals surface area contributed by atoms with Crippen LogP contribution in [0.25, 0.3) is 0 Å². The van der Waals surface area contributed by atoms with Crippen molar-refractivity contribution in [1.29, 1.82) is 0 Å². The minimum Gasteiger partial charge on any atom is -0.258 e. The van der Waals surface area contributed by atoms with E-state index in [1.54, 1.807) is 12.1 Å². The smallest absolute Gasteiger partial charge is 0.258 e. The fraction of sp³-hybridized carbons (Fsp3) is 0. The maximum Gasteiger partial charge on any atom is 0.298 e. The van der Waals surface area contributed by atoms with Crippen molar-refractivity contribution >= 4 is 28.7 Å². The normalized spacial score (nSPS) is 10.7. The first-order valence-corrected chi connectivity index (χ1v) is 5.45. The molecular weight excluding hydrogens is 254 g/mol. The van der Waals surface area contributed by atoms with E-state index in [0.717, 1.165) is 0 Å². The van der Waals surface area contributed by atoms with E-state index in [4.69, 9.17) is 11.6 Å². The topological polar surface area (TPSA) is 67.9 Å². The molecule has 0 aliphatic carbocycles. The minimum absolute atomic E-state index is 0.165. The number of azo groups is 1. The quantitative estimate of drug-likeness (QED) is 0.458. The highest BCUT2D eigenvalue weighted by molar-refractivity contribution is 6.30. The molecule has 0 fully saturated rings. The second-order valence-corrected chi connectivity index (χ2v) is 3.86. The van der Waals surface area contributed by atoms with E-state index < -0.39 is 4.92 Å². The van der Waals surface area contributed by atoms with Gasteiger partial charge in [0.15, 0.2) is 5.69 Å². The average Bonchev–Trinajstić information content (AvgIpc) is 2.38. The molecule has 0 spiro atoms. The Kier molecular flexibility index (Phi) is 3.64. The molecular formula is C12H8ClN3O2. The van der Waals surface area contributed by atoms with Gasteiger partial charge in [-0.3, -0.25) is 10.1 Å². The molecule has 0 saturated carbocycles. The molecule has 2 aromatic rings. The Hall–Kier alpha value is -2.27. The van der Waals surface area contributed by atoms with E-state index >= 15 is 0 Å². The Morgan fingerprint density at radius 1 is 1.06 bits per heavy atom. The van der Waals surface area contributed by atoms with E-state index in [9.17, 15) is 10.1 Å². The number of rotatable bonds is 3. The fourth-order valence-corrected chi connectivity index (χ4v) is 1.50. The summed E-state index contributed by atoms with van der Waals surface area (Å²) >= 11 is 5.70. The SMILES string of the molecule is O=[N+]([O-])c1cc(Cl)ccc1N=Nc1ccccc1.